The van der Waals surface area contributed by atoms with Crippen molar-refractivity contribution in [2.24, 2.45) is 5.41 Å². The van der Waals surface area contributed by atoms with Gasteiger partial charge in [-0.05, 0) is 34.6 Å². The van der Waals surface area contributed by atoms with Crippen LogP contribution in [0.15, 0.2) is 6.33 Å². The summed E-state index contributed by atoms with van der Waals surface area (Å²) < 4.78 is 16.8. The summed E-state index contributed by atoms with van der Waals surface area (Å²) in [5.41, 5.74) is -1.22. The van der Waals surface area contributed by atoms with Crippen LogP contribution >= 0.6 is 0 Å². The molecule has 25 heavy (non-hydrogen) atoms. The molecule has 0 bridgehead atoms. The van der Waals surface area contributed by atoms with Crippen LogP contribution in [0.25, 0.3) is 0 Å². The van der Waals surface area contributed by atoms with Crippen LogP contribution in [0.2, 0.25) is 0 Å². The third-order valence-electron chi connectivity index (χ3n) is 3.81. The number of ether oxygens (including phenoxy) is 3. The quantitative estimate of drug-likeness (QED) is 0.463. The van der Waals surface area contributed by atoms with E-state index in [9.17, 15) is 14.4 Å². The van der Waals surface area contributed by atoms with Gasteiger partial charge in [0.1, 0.15) is 11.9 Å². The molecule has 0 unspecified atom stereocenters. The Kier molecular flexibility index (Phi) is 5.20. The standard InChI is InChI=1S/C17H24N2O6/c1-6-23-13(20)17(14(21)24-7-2)8-11-12(9-17)19(10-18-11)15(22)25-16(3,4)5/h10H,6-9H2,1-5H3. The largest absolute Gasteiger partial charge is 0.465 e. The predicted octanol–water partition coefficient (Wildman–Crippen LogP) is 1.88. The topological polar surface area (TPSA) is 96.7 Å². The van der Waals surface area contributed by atoms with E-state index in [0.717, 1.165) is 0 Å². The SMILES string of the molecule is CCOC(=O)C1(C(=O)OCC)Cc2ncn(C(=O)OC(C)(C)C)c2C1. The molecule has 1 aliphatic carbocycles. The van der Waals surface area contributed by atoms with E-state index in [0.29, 0.717) is 11.4 Å². The fraction of sp³-hybridized carbons (Fsp3) is 0.647. The van der Waals surface area contributed by atoms with E-state index in [1.165, 1.54) is 10.9 Å². The van der Waals surface area contributed by atoms with Crippen LogP contribution in [0, 0.1) is 5.41 Å². The first-order valence-corrected chi connectivity index (χ1v) is 8.27. The molecular weight excluding hydrogens is 328 g/mol. The number of fused-ring (bicyclic) bond motifs is 1. The van der Waals surface area contributed by atoms with Crippen molar-refractivity contribution < 1.29 is 28.6 Å². The molecule has 0 saturated carbocycles. The molecule has 8 heteroatoms. The monoisotopic (exact) mass is 352 g/mol. The molecule has 0 aliphatic heterocycles. The summed E-state index contributed by atoms with van der Waals surface area (Å²) in [4.78, 5) is 41.5. The second-order valence-corrected chi connectivity index (χ2v) is 6.86. The Bertz CT molecular complexity index is 668. The van der Waals surface area contributed by atoms with E-state index >= 15 is 0 Å². The van der Waals surface area contributed by atoms with E-state index in [1.807, 2.05) is 0 Å². The molecule has 8 nitrogen and oxygen atoms in total. The molecule has 1 aromatic heterocycles. The fourth-order valence-corrected chi connectivity index (χ4v) is 2.76. The molecule has 1 aromatic rings. The first-order chi connectivity index (χ1) is 11.6. The summed E-state index contributed by atoms with van der Waals surface area (Å²) in [6, 6.07) is 0. The zero-order chi connectivity index (χ0) is 18.8. The minimum atomic E-state index is -1.51. The maximum atomic E-state index is 12.5. The predicted molar refractivity (Wildman–Crippen MR) is 87.0 cm³/mol. The molecule has 0 saturated heterocycles. The fourth-order valence-electron chi connectivity index (χ4n) is 2.76. The van der Waals surface area contributed by atoms with Crippen LogP contribution in [0.3, 0.4) is 0 Å². The molecule has 0 amide bonds. The van der Waals surface area contributed by atoms with Gasteiger partial charge in [0.25, 0.3) is 0 Å². The van der Waals surface area contributed by atoms with Gasteiger partial charge in [-0.2, -0.15) is 0 Å². The van der Waals surface area contributed by atoms with Gasteiger partial charge in [0.2, 0.25) is 0 Å². The summed E-state index contributed by atoms with van der Waals surface area (Å²) in [6.07, 6.45) is 0.762. The highest BCUT2D eigenvalue weighted by Gasteiger charge is 2.55. The van der Waals surface area contributed by atoms with Crippen LogP contribution in [-0.4, -0.2) is 46.4 Å². The van der Waals surface area contributed by atoms with Gasteiger partial charge in [-0.3, -0.25) is 9.59 Å². The van der Waals surface area contributed by atoms with E-state index in [2.05, 4.69) is 4.98 Å². The molecule has 0 radical (unpaired) electrons. The van der Waals surface area contributed by atoms with Gasteiger partial charge < -0.3 is 14.2 Å². The zero-order valence-electron chi connectivity index (χ0n) is 15.2. The van der Waals surface area contributed by atoms with Crippen LogP contribution in [0.4, 0.5) is 4.79 Å². The Hall–Kier alpha value is -2.38. The number of hydrogen-bond acceptors (Lipinski definition) is 7. The Balaban J connectivity index is 2.35. The van der Waals surface area contributed by atoms with Crippen LogP contribution in [0.1, 0.15) is 46.0 Å². The second-order valence-electron chi connectivity index (χ2n) is 6.86. The molecule has 0 atom stereocenters. The lowest BCUT2D eigenvalue weighted by Crippen LogP contribution is -2.43. The normalized spacial score (nSPS) is 15.4. The number of nitrogens with zero attached hydrogens (tertiary/aromatic N) is 2. The molecule has 2 rings (SSSR count). The number of imidazole rings is 1. The Morgan fingerprint density at radius 3 is 2.16 bits per heavy atom. The molecule has 0 fully saturated rings. The minimum absolute atomic E-state index is 0.0146. The number of hydrogen-bond donors (Lipinski definition) is 0. The number of carbonyl (C=O) groups excluding carboxylic acids is 3. The summed E-state index contributed by atoms with van der Waals surface area (Å²) in [5, 5.41) is 0. The highest BCUT2D eigenvalue weighted by Crippen LogP contribution is 2.39. The van der Waals surface area contributed by atoms with Crippen LogP contribution in [-0.2, 0) is 36.6 Å². The minimum Gasteiger partial charge on any atom is -0.465 e. The third kappa shape index (κ3) is 3.67. The van der Waals surface area contributed by atoms with Crippen molar-refractivity contribution in [1.29, 1.82) is 0 Å². The van der Waals surface area contributed by atoms with E-state index in [4.69, 9.17) is 14.2 Å². The van der Waals surface area contributed by atoms with Gasteiger partial charge in [-0.1, -0.05) is 0 Å². The number of esters is 2. The number of rotatable bonds is 4. The lowest BCUT2D eigenvalue weighted by molar-refractivity contribution is -0.171. The van der Waals surface area contributed by atoms with Crippen molar-refractivity contribution in [3.8, 4) is 0 Å². The van der Waals surface area contributed by atoms with E-state index in [1.54, 1.807) is 34.6 Å². The average Bonchev–Trinajstić information content (AvgIpc) is 3.03. The molecular formula is C17H24N2O6. The summed E-state index contributed by atoms with van der Waals surface area (Å²) >= 11 is 0. The zero-order valence-corrected chi connectivity index (χ0v) is 15.2. The van der Waals surface area contributed by atoms with Crippen molar-refractivity contribution in [1.82, 2.24) is 9.55 Å². The van der Waals surface area contributed by atoms with Crippen molar-refractivity contribution >= 4 is 18.0 Å². The lowest BCUT2D eigenvalue weighted by atomic mass is 9.85. The van der Waals surface area contributed by atoms with Crippen molar-refractivity contribution in [3.05, 3.63) is 17.7 Å². The second kappa shape index (κ2) is 6.85. The first-order valence-electron chi connectivity index (χ1n) is 8.27. The average molecular weight is 352 g/mol. The highest BCUT2D eigenvalue weighted by atomic mass is 16.6. The first kappa shape index (κ1) is 19.0. The van der Waals surface area contributed by atoms with Gasteiger partial charge >= 0.3 is 18.0 Å². The van der Waals surface area contributed by atoms with E-state index in [-0.39, 0.29) is 26.1 Å². The van der Waals surface area contributed by atoms with Crippen molar-refractivity contribution in [2.45, 2.75) is 53.1 Å². The Morgan fingerprint density at radius 2 is 1.68 bits per heavy atom. The Morgan fingerprint density at radius 1 is 1.12 bits per heavy atom. The molecule has 1 heterocycles. The molecule has 0 aromatic carbocycles. The maximum Gasteiger partial charge on any atom is 0.420 e. The van der Waals surface area contributed by atoms with Gasteiger partial charge in [0, 0.05) is 12.8 Å². The molecule has 0 spiro atoms. The third-order valence-corrected chi connectivity index (χ3v) is 3.81. The van der Waals surface area contributed by atoms with Crippen molar-refractivity contribution in [3.63, 3.8) is 0 Å². The number of carbonyl (C=O) groups is 3. The van der Waals surface area contributed by atoms with Gasteiger partial charge in [-0.15, -0.1) is 0 Å². The number of aromatic nitrogens is 2. The smallest absolute Gasteiger partial charge is 0.420 e. The van der Waals surface area contributed by atoms with Crippen LogP contribution in [0.5, 0.6) is 0 Å². The van der Waals surface area contributed by atoms with Crippen molar-refractivity contribution in [2.75, 3.05) is 13.2 Å². The maximum absolute atomic E-state index is 12.5. The summed E-state index contributed by atoms with van der Waals surface area (Å²) in [7, 11) is 0. The van der Waals surface area contributed by atoms with Gasteiger partial charge in [0.15, 0.2) is 5.41 Å². The molecule has 1 aliphatic rings. The Labute approximate surface area is 146 Å². The lowest BCUT2D eigenvalue weighted by Gasteiger charge is -2.24. The summed E-state index contributed by atoms with van der Waals surface area (Å²) in [6.45, 7) is 8.88. The molecule has 0 N–H and O–H groups in total. The van der Waals surface area contributed by atoms with Gasteiger partial charge in [-0.25, -0.2) is 14.3 Å². The summed E-state index contributed by atoms with van der Waals surface area (Å²) in [5.74, 6) is -1.33. The highest BCUT2D eigenvalue weighted by molar-refractivity contribution is 6.01. The van der Waals surface area contributed by atoms with Crippen LogP contribution < -0.4 is 0 Å². The van der Waals surface area contributed by atoms with E-state index < -0.39 is 29.0 Å². The van der Waals surface area contributed by atoms with Gasteiger partial charge in [0.05, 0.1) is 24.6 Å². The molecule has 138 valence electrons.